The van der Waals surface area contributed by atoms with E-state index >= 15 is 0 Å². The number of unbranched alkanes of at least 4 members (excludes halogenated alkanes) is 1. The molecule has 2 aliphatic carbocycles. The molecule has 0 spiro atoms. The van der Waals surface area contributed by atoms with Crippen molar-refractivity contribution in [1.82, 2.24) is 0 Å². The van der Waals surface area contributed by atoms with E-state index in [9.17, 15) is 30.7 Å². The maximum absolute atomic E-state index is 14.8. The molecule has 0 unspecified atom stereocenters. The molecule has 2 saturated carbocycles. The first-order chi connectivity index (χ1) is 20.9. The van der Waals surface area contributed by atoms with Crippen LogP contribution in [-0.2, 0) is 4.74 Å². The zero-order valence-corrected chi connectivity index (χ0v) is 24.7. The SMILES string of the molecule is CCCCOc1ccc(/C=C/C2CCC(COC3CCC(C(F)(F)Oc4ccc(OC(F)(F)F)c(F)c4)CC3)CC2)c(F)c1. The average molecular weight is 633 g/mol. The van der Waals surface area contributed by atoms with Crippen molar-refractivity contribution < 1.29 is 49.7 Å². The molecule has 2 aromatic carbocycles. The van der Waals surface area contributed by atoms with Gasteiger partial charge in [0.2, 0.25) is 0 Å². The Balaban J connectivity index is 1.15. The molecule has 0 aromatic heterocycles. The van der Waals surface area contributed by atoms with Gasteiger partial charge in [0, 0.05) is 24.3 Å². The largest absolute Gasteiger partial charge is 0.573 e. The molecule has 0 N–H and O–H groups in total. The molecular weight excluding hydrogens is 593 g/mol. The zero-order valence-electron chi connectivity index (χ0n) is 24.7. The van der Waals surface area contributed by atoms with Crippen LogP contribution in [0.1, 0.15) is 76.7 Å². The molecule has 0 amide bonds. The highest BCUT2D eigenvalue weighted by molar-refractivity contribution is 5.52. The van der Waals surface area contributed by atoms with Gasteiger partial charge in [0.15, 0.2) is 11.6 Å². The van der Waals surface area contributed by atoms with E-state index in [1.807, 2.05) is 6.08 Å². The van der Waals surface area contributed by atoms with Gasteiger partial charge in [-0.25, -0.2) is 8.78 Å². The molecule has 2 aromatic rings. The van der Waals surface area contributed by atoms with Crippen molar-refractivity contribution in [2.24, 2.45) is 17.8 Å². The predicted molar refractivity (Wildman–Crippen MR) is 152 cm³/mol. The first kappa shape index (κ1) is 33.9. The highest BCUT2D eigenvalue weighted by atomic mass is 19.4. The van der Waals surface area contributed by atoms with E-state index in [2.05, 4.69) is 17.7 Å². The van der Waals surface area contributed by atoms with Gasteiger partial charge < -0.3 is 18.9 Å². The van der Waals surface area contributed by atoms with E-state index in [0.717, 1.165) is 44.6 Å². The molecule has 2 aliphatic rings. The van der Waals surface area contributed by atoms with Crippen LogP contribution in [0.4, 0.5) is 30.7 Å². The van der Waals surface area contributed by atoms with E-state index in [0.29, 0.717) is 61.3 Å². The zero-order chi connectivity index (χ0) is 31.7. The van der Waals surface area contributed by atoms with Crippen LogP contribution in [0.5, 0.6) is 17.2 Å². The Morgan fingerprint density at radius 2 is 1.48 bits per heavy atom. The van der Waals surface area contributed by atoms with Crippen LogP contribution in [0, 0.1) is 29.4 Å². The standard InChI is InChI=1S/C33H39F7O4/c1-2-3-18-41-27-13-10-24(29(34)19-27)9-8-22-4-6-23(7-5-22)21-42-26-14-11-25(12-15-26)32(36,37)43-28-16-17-31(30(35)20-28)44-33(38,39)40/h8-10,13,16-17,19-20,22-23,25-26H,2-7,11-12,14-15,18,21H2,1H3/b9-8+. The van der Waals surface area contributed by atoms with Gasteiger partial charge in [-0.2, -0.15) is 8.78 Å². The molecule has 0 atom stereocenters. The lowest BCUT2D eigenvalue weighted by molar-refractivity contribution is -0.275. The number of ether oxygens (including phenoxy) is 4. The topological polar surface area (TPSA) is 36.9 Å². The number of benzene rings is 2. The fourth-order valence-electron chi connectivity index (χ4n) is 5.68. The Kier molecular flexibility index (Phi) is 11.8. The summed E-state index contributed by atoms with van der Waals surface area (Å²) in [6.45, 7) is 3.19. The summed E-state index contributed by atoms with van der Waals surface area (Å²) in [5.41, 5.74) is 0.533. The number of hydrogen-bond donors (Lipinski definition) is 0. The fraction of sp³-hybridized carbons (Fsp3) is 0.576. The third-order valence-corrected chi connectivity index (χ3v) is 8.28. The molecule has 4 rings (SSSR count). The van der Waals surface area contributed by atoms with Crippen LogP contribution >= 0.6 is 0 Å². The van der Waals surface area contributed by atoms with Crippen molar-refractivity contribution in [2.45, 2.75) is 89.7 Å². The quantitative estimate of drug-likeness (QED) is 0.163. The summed E-state index contributed by atoms with van der Waals surface area (Å²) in [5.74, 6) is -3.34. The lowest BCUT2D eigenvalue weighted by Crippen LogP contribution is -2.38. The molecule has 0 radical (unpaired) electrons. The Hall–Kier alpha value is -2.95. The van der Waals surface area contributed by atoms with Gasteiger partial charge in [0.05, 0.1) is 18.6 Å². The number of alkyl halides is 5. The van der Waals surface area contributed by atoms with Crippen LogP contribution in [0.25, 0.3) is 6.08 Å². The van der Waals surface area contributed by atoms with Gasteiger partial charge in [-0.05, 0) is 93.9 Å². The van der Waals surface area contributed by atoms with Gasteiger partial charge in [-0.1, -0.05) is 25.5 Å². The van der Waals surface area contributed by atoms with Crippen LogP contribution < -0.4 is 14.2 Å². The van der Waals surface area contributed by atoms with E-state index < -0.39 is 35.7 Å². The molecular formula is C33H39F7O4. The maximum Gasteiger partial charge on any atom is 0.573 e. The van der Waals surface area contributed by atoms with Gasteiger partial charge in [-0.15, -0.1) is 13.2 Å². The molecule has 244 valence electrons. The Bertz CT molecular complexity index is 1220. The van der Waals surface area contributed by atoms with Crippen molar-refractivity contribution in [2.75, 3.05) is 13.2 Å². The number of halogens is 7. The second kappa shape index (κ2) is 15.4. The monoisotopic (exact) mass is 632 g/mol. The normalized spacial score (nSPS) is 23.1. The van der Waals surface area contributed by atoms with Crippen molar-refractivity contribution >= 4 is 6.08 Å². The molecule has 11 heteroatoms. The van der Waals surface area contributed by atoms with Crippen molar-refractivity contribution in [3.8, 4) is 17.2 Å². The summed E-state index contributed by atoms with van der Waals surface area (Å²) < 4.78 is 115. The highest BCUT2D eigenvalue weighted by Gasteiger charge is 2.44. The molecule has 4 nitrogen and oxygen atoms in total. The van der Waals surface area contributed by atoms with Crippen LogP contribution in [0.2, 0.25) is 0 Å². The van der Waals surface area contributed by atoms with Gasteiger partial charge in [0.1, 0.15) is 17.3 Å². The number of allylic oxidation sites excluding steroid dienone is 1. The Morgan fingerprint density at radius 1 is 0.795 bits per heavy atom. The van der Waals surface area contributed by atoms with E-state index in [1.54, 1.807) is 12.1 Å². The van der Waals surface area contributed by atoms with Gasteiger partial charge in [0.25, 0.3) is 0 Å². The summed E-state index contributed by atoms with van der Waals surface area (Å²) in [5, 5.41) is 0. The molecule has 2 fully saturated rings. The average Bonchev–Trinajstić information content (AvgIpc) is 2.97. The lowest BCUT2D eigenvalue weighted by Gasteiger charge is -2.34. The smallest absolute Gasteiger partial charge is 0.493 e. The Labute approximate surface area is 253 Å². The number of rotatable bonds is 13. The second-order valence-electron chi connectivity index (χ2n) is 11.6. The maximum atomic E-state index is 14.8. The van der Waals surface area contributed by atoms with E-state index in [4.69, 9.17) is 14.2 Å². The molecule has 0 heterocycles. The second-order valence-corrected chi connectivity index (χ2v) is 11.6. The van der Waals surface area contributed by atoms with E-state index in [-0.39, 0.29) is 24.8 Å². The third kappa shape index (κ3) is 10.3. The Morgan fingerprint density at radius 3 is 2.11 bits per heavy atom. The highest BCUT2D eigenvalue weighted by Crippen LogP contribution is 2.40. The van der Waals surface area contributed by atoms with Crippen LogP contribution in [0.3, 0.4) is 0 Å². The molecule has 0 bridgehead atoms. The summed E-state index contributed by atoms with van der Waals surface area (Å²) in [7, 11) is 0. The van der Waals surface area contributed by atoms with Gasteiger partial charge >= 0.3 is 12.5 Å². The third-order valence-electron chi connectivity index (χ3n) is 8.28. The number of hydrogen-bond acceptors (Lipinski definition) is 4. The van der Waals surface area contributed by atoms with Crippen molar-refractivity contribution in [3.05, 3.63) is 59.7 Å². The summed E-state index contributed by atoms with van der Waals surface area (Å²) in [6, 6.07) is 6.81. The van der Waals surface area contributed by atoms with Crippen molar-refractivity contribution in [3.63, 3.8) is 0 Å². The first-order valence-corrected chi connectivity index (χ1v) is 15.3. The van der Waals surface area contributed by atoms with Crippen LogP contribution in [-0.4, -0.2) is 31.8 Å². The lowest BCUT2D eigenvalue weighted by atomic mass is 9.82. The minimum Gasteiger partial charge on any atom is -0.493 e. The predicted octanol–water partition coefficient (Wildman–Crippen LogP) is 10.1. The molecule has 0 aliphatic heterocycles. The summed E-state index contributed by atoms with van der Waals surface area (Å²) >= 11 is 0. The van der Waals surface area contributed by atoms with E-state index in [1.165, 1.54) is 6.07 Å². The van der Waals surface area contributed by atoms with Crippen LogP contribution in [0.15, 0.2) is 42.5 Å². The van der Waals surface area contributed by atoms with Crippen molar-refractivity contribution in [1.29, 1.82) is 0 Å². The summed E-state index contributed by atoms with van der Waals surface area (Å²) in [4.78, 5) is 0. The van der Waals surface area contributed by atoms with Gasteiger partial charge in [-0.3, -0.25) is 0 Å². The minimum atomic E-state index is -5.11. The molecule has 44 heavy (non-hydrogen) atoms. The minimum absolute atomic E-state index is 0.134. The first-order valence-electron chi connectivity index (χ1n) is 15.3. The molecule has 0 saturated heterocycles. The fourth-order valence-corrected chi connectivity index (χ4v) is 5.68. The summed E-state index contributed by atoms with van der Waals surface area (Å²) in [6.07, 6.45) is 1.92.